The molecule has 3 amide bonds. The molecule has 1 aromatic carbocycles. The van der Waals surface area contributed by atoms with Crippen LogP contribution in [0.5, 0.6) is 11.5 Å². The minimum absolute atomic E-state index is 0.0696. The Kier molecular flexibility index (Phi) is 8.37. The van der Waals surface area contributed by atoms with Crippen LogP contribution in [-0.2, 0) is 16.1 Å². The standard InChI is InChI=1S/C19H13B6N3O5.C7H6N2O2/c1-9-8-32-14-11-3-2-10(16-26-4-5-31-16)6-12(11)33-15(14)17(30)27(9)7-13(29)28(18(20,21)22)19(23,24)25;10-5-9-4-6-7(11-9)2-1-3-8-6/h2-6,9H,7-8H2,1H3;1-3,5H,4H2. The normalized spacial score (nSPS) is 16.1. The third-order valence-corrected chi connectivity index (χ3v) is 6.60. The molecule has 0 saturated carbocycles. The molecule has 0 N–H and O–H groups in total. The van der Waals surface area contributed by atoms with E-state index in [1.54, 1.807) is 43.5 Å². The van der Waals surface area contributed by atoms with E-state index >= 15 is 0 Å². The number of furan rings is 1. The number of hydrogen-bond donors (Lipinski definition) is 0. The van der Waals surface area contributed by atoms with Gasteiger partial charge in [-0.1, -0.05) is 10.5 Å². The first-order chi connectivity index (χ1) is 20.8. The number of nitrogens with zero attached hydrogens (tertiary/aromatic N) is 5. The molecule has 3 aromatic heterocycles. The van der Waals surface area contributed by atoms with E-state index in [0.29, 0.717) is 46.0 Å². The highest BCUT2D eigenvalue weighted by Gasteiger charge is 2.38. The molecule has 1 atom stereocenters. The van der Waals surface area contributed by atoms with Gasteiger partial charge in [0, 0.05) is 11.8 Å². The molecule has 6 rings (SSSR count). The van der Waals surface area contributed by atoms with Gasteiger partial charge in [-0.25, -0.2) is 4.98 Å². The number of aromatic nitrogens is 2. The summed E-state index contributed by atoms with van der Waals surface area (Å²) in [5, 5.41) is -2.77. The van der Waals surface area contributed by atoms with Crippen LogP contribution in [0.2, 0.25) is 0 Å². The Bertz CT molecular complexity index is 1650. The maximum absolute atomic E-state index is 13.4. The number of carbonyl (C=O) groups is 3. The lowest BCUT2D eigenvalue weighted by Crippen LogP contribution is -2.67. The number of oxazole rings is 1. The molecular weight excluding hydrogens is 559 g/mol. The first-order valence-electron chi connectivity index (χ1n) is 13.1. The fourth-order valence-electron chi connectivity index (χ4n) is 4.68. The number of pyridine rings is 1. The van der Waals surface area contributed by atoms with Crippen molar-refractivity contribution >= 4 is 76.3 Å². The SMILES string of the molecule is O=CN1Cc2ncccc2O1.[B]C([B])([B])N(C(=O)CN1C(=O)c2oc3cc(-c4ncco4)ccc3c2OCC1C)C([B])([B])[B]. The largest absolute Gasteiger partial charge is 0.487 e. The number of rotatable bonds is 6. The lowest BCUT2D eigenvalue weighted by atomic mass is 9.40. The van der Waals surface area contributed by atoms with Gasteiger partial charge in [0.25, 0.3) is 5.91 Å². The molecule has 5 heterocycles. The van der Waals surface area contributed by atoms with E-state index in [9.17, 15) is 14.4 Å². The molecule has 1 unspecified atom stereocenters. The second kappa shape index (κ2) is 11.9. The van der Waals surface area contributed by atoms with E-state index < -0.39 is 34.9 Å². The number of hydroxylamine groups is 2. The molecule has 12 nitrogen and oxygen atoms in total. The Morgan fingerprint density at radius 2 is 1.86 bits per heavy atom. The summed E-state index contributed by atoms with van der Waals surface area (Å²) in [4.78, 5) is 51.4. The van der Waals surface area contributed by atoms with Crippen molar-refractivity contribution in [2.45, 2.75) is 30.0 Å². The fraction of sp³-hybridized carbons (Fsp3) is 0.269. The molecule has 2 aliphatic rings. The van der Waals surface area contributed by atoms with Crippen LogP contribution in [-0.4, -0.2) is 120 Å². The highest BCUT2D eigenvalue weighted by molar-refractivity contribution is 6.64. The summed E-state index contributed by atoms with van der Waals surface area (Å²) in [5.74, 6) is -0.257. The van der Waals surface area contributed by atoms with E-state index in [4.69, 9.17) is 65.5 Å². The summed E-state index contributed by atoms with van der Waals surface area (Å²) in [6, 6.07) is 8.17. The third-order valence-electron chi connectivity index (χ3n) is 6.60. The molecule has 4 aromatic rings. The summed E-state index contributed by atoms with van der Waals surface area (Å²) < 4.78 is 17.0. The molecule has 0 bridgehead atoms. The van der Waals surface area contributed by atoms with Crippen molar-refractivity contribution in [3.05, 3.63) is 60.4 Å². The predicted octanol–water partition coefficient (Wildman–Crippen LogP) is -0.279. The molecule has 208 valence electrons. The predicted molar refractivity (Wildman–Crippen MR) is 161 cm³/mol. The first kappa shape index (κ1) is 31.0. The van der Waals surface area contributed by atoms with Crippen LogP contribution in [0.15, 0.2) is 57.8 Å². The van der Waals surface area contributed by atoms with Crippen molar-refractivity contribution < 1.29 is 32.8 Å². The first-order valence-corrected chi connectivity index (χ1v) is 13.1. The van der Waals surface area contributed by atoms with Gasteiger partial charge in [0.2, 0.25) is 24.0 Å². The van der Waals surface area contributed by atoms with Crippen molar-refractivity contribution in [1.82, 2.24) is 24.8 Å². The highest BCUT2D eigenvalue weighted by atomic mass is 16.7. The Morgan fingerprint density at radius 1 is 1.11 bits per heavy atom. The van der Waals surface area contributed by atoms with Gasteiger partial charge in [0.15, 0.2) is 11.5 Å². The lowest BCUT2D eigenvalue weighted by molar-refractivity contribution is -0.139. The molecule has 0 aliphatic carbocycles. The van der Waals surface area contributed by atoms with Gasteiger partial charge < -0.3 is 28.2 Å². The number of fused-ring (bicyclic) bond motifs is 4. The molecule has 18 heteroatoms. The van der Waals surface area contributed by atoms with Crippen LogP contribution < -0.4 is 9.57 Å². The van der Waals surface area contributed by atoms with Crippen LogP contribution in [0, 0.1) is 0 Å². The van der Waals surface area contributed by atoms with Gasteiger partial charge in [-0.3, -0.25) is 19.4 Å². The third kappa shape index (κ3) is 6.24. The van der Waals surface area contributed by atoms with E-state index in [0.717, 1.165) is 5.69 Å². The Hall–Kier alpha value is -4.48. The monoisotopic (exact) mass is 579 g/mol. The number of benzene rings is 1. The summed E-state index contributed by atoms with van der Waals surface area (Å²) in [6.45, 7) is 1.66. The number of amides is 3. The van der Waals surface area contributed by atoms with Crippen molar-refractivity contribution in [3.63, 3.8) is 0 Å². The summed E-state index contributed by atoms with van der Waals surface area (Å²) in [7, 11) is 33.7. The van der Waals surface area contributed by atoms with Crippen molar-refractivity contribution in [2.24, 2.45) is 0 Å². The average molecular weight is 578 g/mol. The van der Waals surface area contributed by atoms with E-state index in [2.05, 4.69) is 9.97 Å². The van der Waals surface area contributed by atoms with Crippen molar-refractivity contribution in [2.75, 3.05) is 13.2 Å². The van der Waals surface area contributed by atoms with Crippen LogP contribution in [0.1, 0.15) is 23.2 Å². The summed E-state index contributed by atoms with van der Waals surface area (Å²) >= 11 is 0. The molecule has 0 spiro atoms. The molecule has 44 heavy (non-hydrogen) atoms. The van der Waals surface area contributed by atoms with Crippen molar-refractivity contribution in [1.29, 1.82) is 0 Å². The number of carbonyl (C=O) groups excluding carboxylic acids is 3. The zero-order valence-corrected chi connectivity index (χ0v) is 23.5. The Morgan fingerprint density at radius 3 is 2.50 bits per heavy atom. The van der Waals surface area contributed by atoms with E-state index in [1.807, 2.05) is 0 Å². The lowest BCUT2D eigenvalue weighted by Gasteiger charge is -2.49. The molecule has 0 saturated heterocycles. The number of hydrogen-bond acceptors (Lipinski definition) is 9. The number of ether oxygens (including phenoxy) is 1. The van der Waals surface area contributed by atoms with Crippen LogP contribution in [0.3, 0.4) is 0 Å². The zero-order chi connectivity index (χ0) is 31.8. The van der Waals surface area contributed by atoms with Gasteiger partial charge in [-0.2, -0.15) is 5.06 Å². The smallest absolute Gasteiger partial charge is 0.294 e. The quantitative estimate of drug-likeness (QED) is 0.224. The van der Waals surface area contributed by atoms with Crippen LogP contribution in [0.25, 0.3) is 22.4 Å². The maximum Gasteiger partial charge on any atom is 0.294 e. The van der Waals surface area contributed by atoms with Gasteiger partial charge in [0.05, 0.1) is 64.7 Å². The average Bonchev–Trinajstić information content (AvgIpc) is 3.69. The van der Waals surface area contributed by atoms with E-state index in [1.165, 1.54) is 22.4 Å². The molecule has 12 radical (unpaired) electrons. The minimum atomic E-state index is -2.27. The topological polar surface area (TPSA) is 131 Å². The van der Waals surface area contributed by atoms with Gasteiger partial charge in [-0.15, -0.1) is 0 Å². The summed E-state index contributed by atoms with van der Waals surface area (Å²) in [5.41, 5.74) is 1.83. The Balaban J connectivity index is 0.000000291. The van der Waals surface area contributed by atoms with Gasteiger partial charge >= 0.3 is 0 Å². The second-order valence-electron chi connectivity index (χ2n) is 10.1. The van der Waals surface area contributed by atoms with Crippen LogP contribution >= 0.6 is 0 Å². The maximum atomic E-state index is 13.4. The zero-order valence-electron chi connectivity index (χ0n) is 23.5. The van der Waals surface area contributed by atoms with Gasteiger partial charge in [0.1, 0.15) is 37.2 Å². The van der Waals surface area contributed by atoms with E-state index in [-0.39, 0.29) is 18.1 Å². The van der Waals surface area contributed by atoms with Crippen LogP contribution in [0.4, 0.5) is 0 Å². The molecule has 2 aliphatic heterocycles. The highest BCUT2D eigenvalue weighted by Crippen LogP contribution is 2.38. The molecular formula is C26H19B6N5O7. The fourth-order valence-corrected chi connectivity index (χ4v) is 4.68. The summed E-state index contributed by atoms with van der Waals surface area (Å²) in [6.07, 6.45) is 5.28. The van der Waals surface area contributed by atoms with Crippen molar-refractivity contribution in [3.8, 4) is 23.0 Å². The molecule has 0 fully saturated rings. The Labute approximate surface area is 260 Å². The second-order valence-corrected chi connectivity index (χ2v) is 10.1. The minimum Gasteiger partial charge on any atom is -0.487 e. The van der Waals surface area contributed by atoms with Gasteiger partial charge in [-0.05, 0) is 37.3 Å².